The van der Waals surface area contributed by atoms with E-state index in [2.05, 4.69) is 0 Å². The average Bonchev–Trinajstić information content (AvgIpc) is 2.68. The highest BCUT2D eigenvalue weighted by Gasteiger charge is 2.51. The molecule has 0 N–H and O–H groups in total. The number of carbonyl (C=O) groups is 1. The van der Waals surface area contributed by atoms with Crippen molar-refractivity contribution in [3.05, 3.63) is 12.2 Å². The van der Waals surface area contributed by atoms with Gasteiger partial charge in [-0.2, -0.15) is 0 Å². The summed E-state index contributed by atoms with van der Waals surface area (Å²) >= 11 is 0. The van der Waals surface area contributed by atoms with Gasteiger partial charge < -0.3 is 9.47 Å². The largest absolute Gasteiger partial charge is 0.339 e. The predicted molar refractivity (Wildman–Crippen MR) is 49.7 cm³/mol. The van der Waals surface area contributed by atoms with Crippen molar-refractivity contribution in [2.75, 3.05) is 0 Å². The van der Waals surface area contributed by atoms with Crippen molar-refractivity contribution in [2.24, 2.45) is 0 Å². The fourth-order valence-electron chi connectivity index (χ4n) is 2.61. The van der Waals surface area contributed by atoms with Crippen LogP contribution in [0.5, 0.6) is 0 Å². The van der Waals surface area contributed by atoms with E-state index in [0.29, 0.717) is 0 Å². The molecule has 14 heavy (non-hydrogen) atoms. The molecule has 1 saturated heterocycles. The van der Waals surface area contributed by atoms with Gasteiger partial charge in [0.25, 0.3) is 0 Å². The summed E-state index contributed by atoms with van der Waals surface area (Å²) in [5.74, 6) is -0.356. The first-order chi connectivity index (χ1) is 6.79. The number of hydrogen-bond donors (Lipinski definition) is 0. The van der Waals surface area contributed by atoms with Crippen molar-refractivity contribution < 1.29 is 14.3 Å². The first kappa shape index (κ1) is 8.62. The van der Waals surface area contributed by atoms with Gasteiger partial charge in [-0.25, -0.2) is 0 Å². The number of ketones is 1. The quantitative estimate of drug-likeness (QED) is 0.587. The van der Waals surface area contributed by atoms with Gasteiger partial charge >= 0.3 is 0 Å². The lowest BCUT2D eigenvalue weighted by atomic mass is 9.94. The molecule has 3 aliphatic rings. The lowest BCUT2D eigenvalue weighted by Gasteiger charge is -2.31. The molecule has 76 valence electrons. The molecule has 1 unspecified atom stereocenters. The second kappa shape index (κ2) is 2.91. The van der Waals surface area contributed by atoms with E-state index in [4.69, 9.17) is 9.47 Å². The van der Waals surface area contributed by atoms with Crippen LogP contribution in [-0.4, -0.2) is 23.8 Å². The molecule has 0 amide bonds. The summed E-state index contributed by atoms with van der Waals surface area (Å²) in [6.45, 7) is 0. The fourth-order valence-corrected chi connectivity index (χ4v) is 2.61. The van der Waals surface area contributed by atoms with E-state index in [9.17, 15) is 4.79 Å². The monoisotopic (exact) mass is 194 g/mol. The van der Waals surface area contributed by atoms with Crippen LogP contribution in [-0.2, 0) is 14.3 Å². The predicted octanol–water partition coefficient (Wildman–Crippen LogP) is 1.57. The third-order valence-electron chi connectivity index (χ3n) is 3.34. The second-order valence-electron chi connectivity index (χ2n) is 4.35. The van der Waals surface area contributed by atoms with Crippen molar-refractivity contribution in [3.63, 3.8) is 0 Å². The molecular weight excluding hydrogens is 180 g/mol. The van der Waals surface area contributed by atoms with Crippen molar-refractivity contribution >= 4 is 5.78 Å². The van der Waals surface area contributed by atoms with Crippen molar-refractivity contribution in [3.8, 4) is 0 Å². The molecule has 0 bridgehead atoms. The van der Waals surface area contributed by atoms with Crippen molar-refractivity contribution in [1.29, 1.82) is 0 Å². The molecule has 1 saturated carbocycles. The minimum Gasteiger partial charge on any atom is -0.339 e. The maximum absolute atomic E-state index is 11.4. The molecule has 1 heterocycles. The van der Waals surface area contributed by atoms with Gasteiger partial charge in [-0.3, -0.25) is 4.79 Å². The lowest BCUT2D eigenvalue weighted by Crippen LogP contribution is -2.34. The Morgan fingerprint density at radius 2 is 2.00 bits per heavy atom. The van der Waals surface area contributed by atoms with Gasteiger partial charge in [0.15, 0.2) is 17.7 Å². The van der Waals surface area contributed by atoms with E-state index in [1.807, 2.05) is 6.08 Å². The van der Waals surface area contributed by atoms with E-state index in [1.54, 1.807) is 6.08 Å². The van der Waals surface area contributed by atoms with Crippen LogP contribution < -0.4 is 0 Å². The highest BCUT2D eigenvalue weighted by molar-refractivity contribution is 5.97. The van der Waals surface area contributed by atoms with Crippen LogP contribution in [0.25, 0.3) is 0 Å². The molecule has 3 nitrogen and oxygen atoms in total. The summed E-state index contributed by atoms with van der Waals surface area (Å²) in [4.78, 5) is 11.4. The van der Waals surface area contributed by atoms with Gasteiger partial charge in [-0.05, 0) is 25.0 Å². The van der Waals surface area contributed by atoms with Crippen LogP contribution in [0.3, 0.4) is 0 Å². The normalized spacial score (nSPS) is 39.3. The Kier molecular flexibility index (Phi) is 1.79. The van der Waals surface area contributed by atoms with Crippen LogP contribution in [0, 0.1) is 0 Å². The number of carbonyl (C=O) groups excluding carboxylic acids is 1. The molecule has 0 aromatic rings. The zero-order valence-corrected chi connectivity index (χ0v) is 8.07. The molecular formula is C11H14O3. The highest BCUT2D eigenvalue weighted by Crippen LogP contribution is 2.42. The number of fused-ring (bicyclic) bond motifs is 1. The molecule has 2 aliphatic carbocycles. The molecule has 0 radical (unpaired) electrons. The minimum atomic E-state index is -0.423. The van der Waals surface area contributed by atoms with Gasteiger partial charge in [0, 0.05) is 12.8 Å². The van der Waals surface area contributed by atoms with Gasteiger partial charge in [0.2, 0.25) is 0 Å². The van der Waals surface area contributed by atoms with Crippen molar-refractivity contribution in [1.82, 2.24) is 0 Å². The zero-order chi connectivity index (χ0) is 9.60. The SMILES string of the molecule is O=C1C=CC2OC3(CCCCC3)O[C@@H]12. The smallest absolute Gasteiger partial charge is 0.187 e. The average molecular weight is 194 g/mol. The Hall–Kier alpha value is -0.670. The molecule has 1 aliphatic heterocycles. The van der Waals surface area contributed by atoms with Gasteiger partial charge in [0.05, 0.1) is 0 Å². The first-order valence-corrected chi connectivity index (χ1v) is 5.37. The Morgan fingerprint density at radius 1 is 1.21 bits per heavy atom. The van der Waals surface area contributed by atoms with Crippen molar-refractivity contribution in [2.45, 2.75) is 50.1 Å². The molecule has 3 rings (SSSR count). The van der Waals surface area contributed by atoms with Gasteiger partial charge in [-0.15, -0.1) is 0 Å². The highest BCUT2D eigenvalue weighted by atomic mass is 16.8. The van der Waals surface area contributed by atoms with Crippen LogP contribution in [0.2, 0.25) is 0 Å². The second-order valence-corrected chi connectivity index (χ2v) is 4.35. The molecule has 0 aromatic carbocycles. The van der Waals surface area contributed by atoms with E-state index in [1.165, 1.54) is 6.42 Å². The maximum atomic E-state index is 11.4. The van der Waals surface area contributed by atoms with Crippen LogP contribution >= 0.6 is 0 Å². The Labute approximate surface area is 83.1 Å². The summed E-state index contributed by atoms with van der Waals surface area (Å²) in [7, 11) is 0. The van der Waals surface area contributed by atoms with E-state index >= 15 is 0 Å². The molecule has 3 heteroatoms. The Balaban J connectivity index is 1.80. The third kappa shape index (κ3) is 1.16. The fraction of sp³-hybridized carbons (Fsp3) is 0.727. The van der Waals surface area contributed by atoms with Crippen LogP contribution in [0.4, 0.5) is 0 Å². The zero-order valence-electron chi connectivity index (χ0n) is 8.07. The van der Waals surface area contributed by atoms with Crippen LogP contribution in [0.1, 0.15) is 32.1 Å². The number of rotatable bonds is 0. The Bertz CT molecular complexity index is 289. The molecule has 2 fully saturated rings. The summed E-state index contributed by atoms with van der Waals surface area (Å²) < 4.78 is 11.6. The first-order valence-electron chi connectivity index (χ1n) is 5.37. The summed E-state index contributed by atoms with van der Waals surface area (Å²) in [6, 6.07) is 0. The minimum absolute atomic E-state index is 0.0671. The topological polar surface area (TPSA) is 35.5 Å². The van der Waals surface area contributed by atoms with Crippen LogP contribution in [0.15, 0.2) is 12.2 Å². The maximum Gasteiger partial charge on any atom is 0.187 e. The number of hydrogen-bond acceptors (Lipinski definition) is 3. The summed E-state index contributed by atoms with van der Waals surface area (Å²) in [5.41, 5.74) is 0. The standard InChI is InChI=1S/C11H14O3/c12-8-4-5-9-10(8)14-11(13-9)6-2-1-3-7-11/h4-5,9-10H,1-3,6-7H2/t9?,10-/m0/s1. The van der Waals surface area contributed by atoms with E-state index in [0.717, 1.165) is 25.7 Å². The van der Waals surface area contributed by atoms with Gasteiger partial charge in [0.1, 0.15) is 6.10 Å². The molecule has 1 spiro atoms. The lowest BCUT2D eigenvalue weighted by molar-refractivity contribution is -0.192. The molecule has 2 atom stereocenters. The summed E-state index contributed by atoms with van der Waals surface area (Å²) in [6.07, 6.45) is 8.40. The molecule has 0 aromatic heterocycles. The van der Waals surface area contributed by atoms with Gasteiger partial charge in [-0.1, -0.05) is 6.42 Å². The summed E-state index contributed by atoms with van der Waals surface area (Å²) in [5, 5.41) is 0. The third-order valence-corrected chi connectivity index (χ3v) is 3.34. The van der Waals surface area contributed by atoms with E-state index in [-0.39, 0.29) is 18.0 Å². The Morgan fingerprint density at radius 3 is 2.71 bits per heavy atom. The number of ether oxygens (including phenoxy) is 2. The van der Waals surface area contributed by atoms with E-state index < -0.39 is 5.79 Å².